The summed E-state index contributed by atoms with van der Waals surface area (Å²) in [6.07, 6.45) is 2.93. The summed E-state index contributed by atoms with van der Waals surface area (Å²) in [4.78, 5) is 28.0. The van der Waals surface area contributed by atoms with Gasteiger partial charge in [0.1, 0.15) is 18.4 Å². The van der Waals surface area contributed by atoms with Crippen molar-refractivity contribution in [2.24, 2.45) is 5.73 Å². The molecule has 10 heteroatoms. The summed E-state index contributed by atoms with van der Waals surface area (Å²) in [6, 6.07) is 5.95. The molecule has 33 heavy (non-hydrogen) atoms. The molecule has 0 atom stereocenters. The van der Waals surface area contributed by atoms with Gasteiger partial charge in [-0.15, -0.1) is 0 Å². The molecular formula is C23H26F2N6O2. The molecule has 0 aliphatic rings. The molecule has 174 valence electrons. The third-order valence-electron chi connectivity index (χ3n) is 5.40. The van der Waals surface area contributed by atoms with Crippen LogP contribution in [0, 0.1) is 13.8 Å². The molecule has 2 aromatic heterocycles. The van der Waals surface area contributed by atoms with Crippen LogP contribution in [0.15, 0.2) is 47.2 Å². The molecular weight excluding hydrogens is 430 g/mol. The summed E-state index contributed by atoms with van der Waals surface area (Å²) in [7, 11) is 1.85. The lowest BCUT2D eigenvalue weighted by atomic mass is 9.96. The van der Waals surface area contributed by atoms with Crippen LogP contribution >= 0.6 is 0 Å². The first-order valence-corrected chi connectivity index (χ1v) is 10.4. The standard InChI is InChI=1S/C23H26F2N6O2/c1-14-7-17(9-16(5-4-6-32)20(14)27-3)18-8-15(2)22(28-11-18)30-13-29-31(23(30)33)12-19(10-26)21(24)25/h6-9,11,13,27H,4-5,10,12,26H2,1-3H3. The Morgan fingerprint density at radius 3 is 2.52 bits per heavy atom. The number of carbonyl (C=O) groups is 1. The maximum absolute atomic E-state index is 12.9. The van der Waals surface area contributed by atoms with Crippen molar-refractivity contribution in [1.82, 2.24) is 19.3 Å². The molecule has 3 N–H and O–H groups in total. The highest BCUT2D eigenvalue weighted by Crippen LogP contribution is 2.30. The van der Waals surface area contributed by atoms with Crippen molar-refractivity contribution >= 4 is 12.0 Å². The van der Waals surface area contributed by atoms with Crippen LogP contribution in [0.2, 0.25) is 0 Å². The maximum Gasteiger partial charge on any atom is 0.351 e. The summed E-state index contributed by atoms with van der Waals surface area (Å²) >= 11 is 0. The van der Waals surface area contributed by atoms with Crippen molar-refractivity contribution < 1.29 is 13.6 Å². The predicted octanol–water partition coefficient (Wildman–Crippen LogP) is 3.00. The molecule has 1 aromatic carbocycles. The van der Waals surface area contributed by atoms with Gasteiger partial charge in [-0.3, -0.25) is 0 Å². The van der Waals surface area contributed by atoms with Crippen LogP contribution < -0.4 is 16.7 Å². The maximum atomic E-state index is 12.9. The van der Waals surface area contributed by atoms with Gasteiger partial charge in [0.2, 0.25) is 0 Å². The Morgan fingerprint density at radius 2 is 1.91 bits per heavy atom. The molecule has 0 fully saturated rings. The molecule has 2 heterocycles. The number of nitrogens with two attached hydrogens (primary N) is 1. The first-order valence-electron chi connectivity index (χ1n) is 10.4. The largest absolute Gasteiger partial charge is 0.388 e. The minimum Gasteiger partial charge on any atom is -0.388 e. The van der Waals surface area contributed by atoms with E-state index in [4.69, 9.17) is 5.73 Å². The number of nitrogens with one attached hydrogen (secondary N) is 1. The van der Waals surface area contributed by atoms with E-state index in [0.29, 0.717) is 24.2 Å². The Balaban J connectivity index is 1.98. The average molecular weight is 456 g/mol. The second-order valence-electron chi connectivity index (χ2n) is 7.66. The van der Waals surface area contributed by atoms with Crippen LogP contribution in [-0.4, -0.2) is 39.2 Å². The molecule has 0 amide bonds. The third kappa shape index (κ3) is 5.06. The van der Waals surface area contributed by atoms with E-state index in [2.05, 4.69) is 15.4 Å². The van der Waals surface area contributed by atoms with Crippen molar-refractivity contribution in [3.8, 4) is 16.9 Å². The fraction of sp³-hybridized carbons (Fsp3) is 0.304. The van der Waals surface area contributed by atoms with Gasteiger partial charge in [-0.05, 0) is 60.7 Å². The predicted molar refractivity (Wildman–Crippen MR) is 123 cm³/mol. The summed E-state index contributed by atoms with van der Waals surface area (Å²) in [5.41, 5.74) is 9.96. The number of hydrogen-bond donors (Lipinski definition) is 2. The lowest BCUT2D eigenvalue weighted by Crippen LogP contribution is -2.27. The van der Waals surface area contributed by atoms with E-state index in [1.165, 1.54) is 10.9 Å². The first-order chi connectivity index (χ1) is 15.8. The first kappa shape index (κ1) is 24.0. The van der Waals surface area contributed by atoms with Gasteiger partial charge in [-0.1, -0.05) is 0 Å². The fourth-order valence-corrected chi connectivity index (χ4v) is 3.75. The van der Waals surface area contributed by atoms with E-state index in [1.807, 2.05) is 39.1 Å². The number of aldehydes is 1. The van der Waals surface area contributed by atoms with E-state index < -0.39 is 11.8 Å². The number of aromatic nitrogens is 4. The Labute approximate surface area is 189 Å². The second-order valence-corrected chi connectivity index (χ2v) is 7.66. The normalized spacial score (nSPS) is 10.8. The smallest absolute Gasteiger partial charge is 0.351 e. The van der Waals surface area contributed by atoms with Gasteiger partial charge in [0.25, 0.3) is 6.08 Å². The molecule has 3 rings (SSSR count). The molecule has 0 unspecified atom stereocenters. The van der Waals surface area contributed by atoms with Crippen molar-refractivity contribution in [2.75, 3.05) is 18.9 Å². The van der Waals surface area contributed by atoms with E-state index >= 15 is 0 Å². The zero-order chi connectivity index (χ0) is 24.1. The van der Waals surface area contributed by atoms with Crippen LogP contribution in [0.4, 0.5) is 14.5 Å². The van der Waals surface area contributed by atoms with E-state index in [-0.39, 0.29) is 18.7 Å². The zero-order valence-electron chi connectivity index (χ0n) is 18.7. The molecule has 8 nitrogen and oxygen atoms in total. The number of pyridine rings is 1. The number of benzene rings is 1. The molecule has 0 aliphatic heterocycles. The van der Waals surface area contributed by atoms with Gasteiger partial charge in [-0.25, -0.2) is 19.0 Å². The van der Waals surface area contributed by atoms with Crippen molar-refractivity contribution in [1.29, 1.82) is 0 Å². The van der Waals surface area contributed by atoms with Gasteiger partial charge in [0, 0.05) is 43.0 Å². The molecule has 0 saturated carbocycles. The molecule has 3 aromatic rings. The number of nitrogens with zero attached hydrogens (tertiary/aromatic N) is 4. The second kappa shape index (κ2) is 10.3. The number of hydrogen-bond acceptors (Lipinski definition) is 6. The van der Waals surface area contributed by atoms with Gasteiger partial charge >= 0.3 is 5.69 Å². The summed E-state index contributed by atoms with van der Waals surface area (Å²) in [5, 5.41) is 7.11. The van der Waals surface area contributed by atoms with E-state index in [0.717, 1.165) is 38.9 Å². The quantitative estimate of drug-likeness (QED) is 0.480. The summed E-state index contributed by atoms with van der Waals surface area (Å²) in [6.45, 7) is 3.05. The summed E-state index contributed by atoms with van der Waals surface area (Å²) in [5.74, 6) is 0.360. The van der Waals surface area contributed by atoms with Crippen LogP contribution in [0.3, 0.4) is 0 Å². The van der Waals surface area contributed by atoms with Gasteiger partial charge in [-0.2, -0.15) is 13.9 Å². The van der Waals surface area contributed by atoms with Gasteiger partial charge < -0.3 is 15.8 Å². The summed E-state index contributed by atoms with van der Waals surface area (Å²) < 4.78 is 28.0. The minimum atomic E-state index is -1.91. The number of carbonyl (C=O) groups excluding carboxylic acids is 1. The number of rotatable bonds is 9. The van der Waals surface area contributed by atoms with Gasteiger partial charge in [0.05, 0.1) is 6.54 Å². The highest BCUT2D eigenvalue weighted by atomic mass is 19.3. The zero-order valence-corrected chi connectivity index (χ0v) is 18.7. The lowest BCUT2D eigenvalue weighted by molar-refractivity contribution is -0.107. The molecule has 0 radical (unpaired) electrons. The Hall–Kier alpha value is -3.66. The van der Waals surface area contributed by atoms with Crippen molar-refractivity contribution in [3.63, 3.8) is 0 Å². The Bertz CT molecular complexity index is 1260. The Kier molecular flexibility index (Phi) is 7.49. The van der Waals surface area contributed by atoms with Crippen molar-refractivity contribution in [3.05, 3.63) is 69.6 Å². The highest BCUT2D eigenvalue weighted by Gasteiger charge is 2.15. The Morgan fingerprint density at radius 1 is 1.18 bits per heavy atom. The van der Waals surface area contributed by atoms with Crippen LogP contribution in [0.25, 0.3) is 16.9 Å². The molecule has 0 saturated heterocycles. The monoisotopic (exact) mass is 456 g/mol. The van der Waals surface area contributed by atoms with Gasteiger partial charge in [0.15, 0.2) is 0 Å². The highest BCUT2D eigenvalue weighted by molar-refractivity contribution is 5.72. The number of aryl methyl sites for hydroxylation is 3. The van der Waals surface area contributed by atoms with E-state index in [1.54, 1.807) is 6.20 Å². The topological polar surface area (TPSA) is 108 Å². The number of halogens is 2. The average Bonchev–Trinajstić information content (AvgIpc) is 3.15. The lowest BCUT2D eigenvalue weighted by Gasteiger charge is -2.15. The third-order valence-corrected chi connectivity index (χ3v) is 5.40. The van der Waals surface area contributed by atoms with Crippen LogP contribution in [0.5, 0.6) is 0 Å². The van der Waals surface area contributed by atoms with Crippen LogP contribution in [0.1, 0.15) is 23.1 Å². The molecule has 0 bridgehead atoms. The fourth-order valence-electron chi connectivity index (χ4n) is 3.75. The minimum absolute atomic E-state index is 0.354. The van der Waals surface area contributed by atoms with E-state index in [9.17, 15) is 18.4 Å². The van der Waals surface area contributed by atoms with Crippen molar-refractivity contribution in [2.45, 2.75) is 33.2 Å². The number of anilines is 1. The molecule has 0 aliphatic carbocycles. The van der Waals surface area contributed by atoms with Crippen LogP contribution in [-0.2, 0) is 17.8 Å². The SMILES string of the molecule is CNc1c(C)cc(-c2cnc(-n3cnn(CC(CN)=C(F)F)c3=O)c(C)c2)cc1CCC=O. The molecule has 0 spiro atoms.